The molecule has 2 N–H and O–H groups in total. The maximum atomic E-state index is 12.5. The highest BCUT2D eigenvalue weighted by molar-refractivity contribution is 9.10. The van der Waals surface area contributed by atoms with E-state index in [2.05, 4.69) is 31.5 Å². The Labute approximate surface area is 165 Å². The standard InChI is InChI=1S/C20H19BrN4O2/c1-13-10-18(14(2)25(13)17-7-5-15(21)6-8-17)20(27)23-12-19(26)24-16-4-3-9-22-11-16/h3-11H,12H2,1-2H3,(H,23,27)(H,24,26). The summed E-state index contributed by atoms with van der Waals surface area (Å²) in [5.74, 6) is -0.592. The number of nitrogens with zero attached hydrogens (tertiary/aromatic N) is 2. The lowest BCUT2D eigenvalue weighted by Crippen LogP contribution is -2.33. The van der Waals surface area contributed by atoms with Crippen LogP contribution in [-0.4, -0.2) is 27.9 Å². The molecular formula is C20H19BrN4O2. The normalized spacial score (nSPS) is 10.5. The van der Waals surface area contributed by atoms with Crippen molar-refractivity contribution in [3.63, 3.8) is 0 Å². The lowest BCUT2D eigenvalue weighted by molar-refractivity contribution is -0.115. The molecule has 2 aromatic heterocycles. The molecule has 0 saturated heterocycles. The van der Waals surface area contributed by atoms with Crippen LogP contribution in [0.3, 0.4) is 0 Å². The molecule has 0 saturated carbocycles. The number of aromatic nitrogens is 2. The molecule has 7 heteroatoms. The van der Waals surface area contributed by atoms with Crippen molar-refractivity contribution in [2.75, 3.05) is 11.9 Å². The number of carbonyl (C=O) groups excluding carboxylic acids is 2. The molecule has 27 heavy (non-hydrogen) atoms. The van der Waals surface area contributed by atoms with E-state index >= 15 is 0 Å². The summed E-state index contributed by atoms with van der Waals surface area (Å²) in [7, 11) is 0. The number of nitrogens with one attached hydrogen (secondary N) is 2. The number of hydrogen-bond acceptors (Lipinski definition) is 3. The fraction of sp³-hybridized carbons (Fsp3) is 0.150. The third-order valence-corrected chi connectivity index (χ3v) is 4.64. The number of carbonyl (C=O) groups is 2. The van der Waals surface area contributed by atoms with E-state index in [0.29, 0.717) is 11.3 Å². The monoisotopic (exact) mass is 426 g/mol. The van der Waals surface area contributed by atoms with E-state index in [-0.39, 0.29) is 18.4 Å². The van der Waals surface area contributed by atoms with Gasteiger partial charge in [0.25, 0.3) is 5.91 Å². The van der Waals surface area contributed by atoms with Crippen LogP contribution in [-0.2, 0) is 4.79 Å². The Bertz CT molecular complexity index is 966. The maximum absolute atomic E-state index is 12.5. The van der Waals surface area contributed by atoms with Crippen molar-refractivity contribution in [3.05, 3.63) is 76.3 Å². The van der Waals surface area contributed by atoms with Crippen LogP contribution in [0.4, 0.5) is 5.69 Å². The first-order valence-electron chi connectivity index (χ1n) is 8.38. The van der Waals surface area contributed by atoms with Gasteiger partial charge in [-0.3, -0.25) is 14.6 Å². The molecule has 0 unspecified atom stereocenters. The highest BCUT2D eigenvalue weighted by atomic mass is 79.9. The van der Waals surface area contributed by atoms with E-state index in [4.69, 9.17) is 0 Å². The molecule has 0 atom stereocenters. The van der Waals surface area contributed by atoms with Crippen molar-refractivity contribution in [3.8, 4) is 5.69 Å². The maximum Gasteiger partial charge on any atom is 0.253 e. The van der Waals surface area contributed by atoms with Crippen LogP contribution in [0.25, 0.3) is 5.69 Å². The zero-order chi connectivity index (χ0) is 19.4. The van der Waals surface area contributed by atoms with Gasteiger partial charge in [-0.25, -0.2) is 0 Å². The molecule has 0 aliphatic rings. The topological polar surface area (TPSA) is 76.0 Å². The zero-order valence-electron chi connectivity index (χ0n) is 15.0. The molecule has 0 aliphatic heterocycles. The van der Waals surface area contributed by atoms with Gasteiger partial charge in [-0.15, -0.1) is 0 Å². The summed E-state index contributed by atoms with van der Waals surface area (Å²) in [5.41, 5.74) is 3.87. The second kappa shape index (κ2) is 8.18. The minimum absolute atomic E-state index is 0.115. The van der Waals surface area contributed by atoms with Gasteiger partial charge in [-0.2, -0.15) is 0 Å². The van der Waals surface area contributed by atoms with E-state index in [9.17, 15) is 9.59 Å². The van der Waals surface area contributed by atoms with Gasteiger partial charge in [0.15, 0.2) is 0 Å². The van der Waals surface area contributed by atoms with E-state index in [1.165, 1.54) is 0 Å². The minimum Gasteiger partial charge on any atom is -0.343 e. The fourth-order valence-electron chi connectivity index (χ4n) is 2.88. The number of hydrogen-bond donors (Lipinski definition) is 2. The number of aryl methyl sites for hydroxylation is 1. The Morgan fingerprint density at radius 1 is 1.15 bits per heavy atom. The molecule has 0 radical (unpaired) electrons. The van der Waals surface area contributed by atoms with Crippen LogP contribution in [0, 0.1) is 13.8 Å². The van der Waals surface area contributed by atoms with Crippen LogP contribution in [0.2, 0.25) is 0 Å². The van der Waals surface area contributed by atoms with Crippen LogP contribution in [0.5, 0.6) is 0 Å². The van der Waals surface area contributed by atoms with E-state index in [1.54, 1.807) is 24.5 Å². The minimum atomic E-state index is -0.307. The highest BCUT2D eigenvalue weighted by Gasteiger charge is 2.17. The van der Waals surface area contributed by atoms with E-state index in [0.717, 1.165) is 21.5 Å². The van der Waals surface area contributed by atoms with Crippen LogP contribution in [0.1, 0.15) is 21.7 Å². The Kier molecular flexibility index (Phi) is 5.71. The predicted molar refractivity (Wildman–Crippen MR) is 108 cm³/mol. The molecule has 0 bridgehead atoms. The average molecular weight is 427 g/mol. The summed E-state index contributed by atoms with van der Waals surface area (Å²) >= 11 is 3.43. The van der Waals surface area contributed by atoms with Gasteiger partial charge in [0, 0.05) is 27.7 Å². The van der Waals surface area contributed by atoms with Crippen molar-refractivity contribution in [1.82, 2.24) is 14.9 Å². The van der Waals surface area contributed by atoms with Gasteiger partial charge in [0.1, 0.15) is 0 Å². The summed E-state index contributed by atoms with van der Waals surface area (Å²) in [6, 6.07) is 13.2. The third kappa shape index (κ3) is 4.43. The number of anilines is 1. The number of pyridine rings is 1. The van der Waals surface area contributed by atoms with Crippen molar-refractivity contribution in [2.45, 2.75) is 13.8 Å². The second-order valence-corrected chi connectivity index (χ2v) is 6.98. The first-order chi connectivity index (χ1) is 13.0. The second-order valence-electron chi connectivity index (χ2n) is 6.07. The first kappa shape index (κ1) is 18.8. The third-order valence-electron chi connectivity index (χ3n) is 4.12. The lowest BCUT2D eigenvalue weighted by atomic mass is 10.2. The predicted octanol–water partition coefficient (Wildman–Crippen LogP) is 3.62. The Hall–Kier alpha value is -2.93. The molecule has 1 aromatic carbocycles. The molecule has 2 heterocycles. The summed E-state index contributed by atoms with van der Waals surface area (Å²) in [6.45, 7) is 3.72. The van der Waals surface area contributed by atoms with Crippen molar-refractivity contribution >= 4 is 33.4 Å². The quantitative estimate of drug-likeness (QED) is 0.653. The summed E-state index contributed by atoms with van der Waals surface area (Å²) in [4.78, 5) is 28.5. The summed E-state index contributed by atoms with van der Waals surface area (Å²) in [5, 5.41) is 5.35. The fourth-order valence-corrected chi connectivity index (χ4v) is 3.14. The molecule has 138 valence electrons. The zero-order valence-corrected chi connectivity index (χ0v) is 16.6. The summed E-state index contributed by atoms with van der Waals surface area (Å²) in [6.07, 6.45) is 3.17. The smallest absolute Gasteiger partial charge is 0.253 e. The van der Waals surface area contributed by atoms with Crippen molar-refractivity contribution in [1.29, 1.82) is 0 Å². The number of rotatable bonds is 5. The van der Waals surface area contributed by atoms with E-state index in [1.807, 2.05) is 48.7 Å². The number of benzene rings is 1. The largest absolute Gasteiger partial charge is 0.343 e. The first-order valence-corrected chi connectivity index (χ1v) is 9.18. The lowest BCUT2D eigenvalue weighted by Gasteiger charge is -2.10. The number of halogens is 1. The van der Waals surface area contributed by atoms with Gasteiger partial charge in [0.2, 0.25) is 5.91 Å². The molecule has 2 amide bonds. The summed E-state index contributed by atoms with van der Waals surface area (Å²) < 4.78 is 3.00. The van der Waals surface area contributed by atoms with E-state index < -0.39 is 0 Å². The van der Waals surface area contributed by atoms with Crippen LogP contribution in [0.15, 0.2) is 59.3 Å². The molecule has 3 rings (SSSR count). The molecule has 0 spiro atoms. The highest BCUT2D eigenvalue weighted by Crippen LogP contribution is 2.22. The Balaban J connectivity index is 1.69. The molecule has 3 aromatic rings. The average Bonchev–Trinajstić information content (AvgIpc) is 2.96. The van der Waals surface area contributed by atoms with Gasteiger partial charge in [0.05, 0.1) is 24.0 Å². The van der Waals surface area contributed by atoms with Gasteiger partial charge in [-0.1, -0.05) is 15.9 Å². The number of amides is 2. The Morgan fingerprint density at radius 2 is 1.89 bits per heavy atom. The molecule has 0 aliphatic carbocycles. The Morgan fingerprint density at radius 3 is 2.56 bits per heavy atom. The van der Waals surface area contributed by atoms with Crippen LogP contribution >= 0.6 is 15.9 Å². The van der Waals surface area contributed by atoms with Gasteiger partial charge < -0.3 is 15.2 Å². The van der Waals surface area contributed by atoms with Gasteiger partial charge >= 0.3 is 0 Å². The molecule has 0 fully saturated rings. The van der Waals surface area contributed by atoms with Gasteiger partial charge in [-0.05, 0) is 56.3 Å². The van der Waals surface area contributed by atoms with Crippen molar-refractivity contribution in [2.24, 2.45) is 0 Å². The van der Waals surface area contributed by atoms with Crippen LogP contribution < -0.4 is 10.6 Å². The molecular weight excluding hydrogens is 408 g/mol. The molecule has 6 nitrogen and oxygen atoms in total. The SMILES string of the molecule is Cc1cc(C(=O)NCC(=O)Nc2cccnc2)c(C)n1-c1ccc(Br)cc1. The van der Waals surface area contributed by atoms with Crippen molar-refractivity contribution < 1.29 is 9.59 Å².